The molecule has 1 rings (SSSR count). The van der Waals surface area contributed by atoms with Crippen LogP contribution in [0.4, 0.5) is 0 Å². The molecular formula is C11H14NO5-. The largest absolute Gasteiger partial charge is 0.545 e. The molecule has 1 amide bonds. The van der Waals surface area contributed by atoms with Crippen molar-refractivity contribution in [3.05, 3.63) is 12.2 Å². The van der Waals surface area contributed by atoms with Crippen molar-refractivity contribution in [3.63, 3.8) is 0 Å². The monoisotopic (exact) mass is 240 g/mol. The van der Waals surface area contributed by atoms with Gasteiger partial charge >= 0.3 is 5.97 Å². The number of carbonyl (C=O) groups excluding carboxylic acids is 3. The van der Waals surface area contributed by atoms with Crippen LogP contribution in [0.25, 0.3) is 0 Å². The summed E-state index contributed by atoms with van der Waals surface area (Å²) in [6.45, 7) is 0.853. The van der Waals surface area contributed by atoms with Gasteiger partial charge in [-0.2, -0.15) is 0 Å². The second-order valence-electron chi connectivity index (χ2n) is 3.78. The van der Waals surface area contributed by atoms with E-state index in [1.165, 1.54) is 12.0 Å². The van der Waals surface area contributed by atoms with Crippen molar-refractivity contribution in [3.8, 4) is 0 Å². The first-order valence-corrected chi connectivity index (χ1v) is 5.30. The van der Waals surface area contributed by atoms with Gasteiger partial charge in [-0.15, -0.1) is 0 Å². The van der Waals surface area contributed by atoms with E-state index in [1.807, 2.05) is 0 Å². The first-order chi connectivity index (χ1) is 8.04. The van der Waals surface area contributed by atoms with Crippen molar-refractivity contribution in [2.75, 3.05) is 20.2 Å². The molecule has 0 unspecified atom stereocenters. The number of esters is 1. The van der Waals surface area contributed by atoms with E-state index >= 15 is 0 Å². The number of rotatable bonds is 3. The van der Waals surface area contributed by atoms with Crippen LogP contribution >= 0.6 is 0 Å². The van der Waals surface area contributed by atoms with Crippen LogP contribution in [0.15, 0.2) is 12.2 Å². The molecular weight excluding hydrogens is 226 g/mol. The predicted octanol–water partition coefficient (Wildman–Crippen LogP) is -1.30. The average molecular weight is 240 g/mol. The molecule has 0 saturated carbocycles. The Bertz CT molecular complexity index is 342. The summed E-state index contributed by atoms with van der Waals surface area (Å²) in [4.78, 5) is 34.3. The fourth-order valence-electron chi connectivity index (χ4n) is 1.75. The highest BCUT2D eigenvalue weighted by molar-refractivity contribution is 5.93. The number of nitrogens with zero attached hydrogens (tertiary/aromatic N) is 1. The van der Waals surface area contributed by atoms with E-state index in [2.05, 4.69) is 4.74 Å². The zero-order chi connectivity index (χ0) is 12.8. The molecule has 0 radical (unpaired) electrons. The number of methoxy groups -OCH3 is 1. The van der Waals surface area contributed by atoms with Crippen LogP contribution in [-0.2, 0) is 19.1 Å². The minimum absolute atomic E-state index is 0.172. The standard InChI is InChI=1S/C11H15NO5/c1-17-11(16)8-4-6-12(7-5-8)9(13)2-3-10(14)15/h2-3,8H,4-7H2,1H3,(H,14,15)/p-1/b3-2+. The maximum absolute atomic E-state index is 11.5. The minimum atomic E-state index is -1.40. The van der Waals surface area contributed by atoms with E-state index in [4.69, 9.17) is 0 Å². The molecule has 6 heteroatoms. The molecule has 0 aromatic heterocycles. The summed E-state index contributed by atoms with van der Waals surface area (Å²) < 4.78 is 4.62. The summed E-state index contributed by atoms with van der Waals surface area (Å²) in [6, 6.07) is 0. The smallest absolute Gasteiger partial charge is 0.308 e. The Morgan fingerprint density at radius 1 is 1.24 bits per heavy atom. The van der Waals surface area contributed by atoms with Gasteiger partial charge in [0.25, 0.3) is 0 Å². The second-order valence-corrected chi connectivity index (χ2v) is 3.78. The molecule has 1 aliphatic rings. The Kier molecular flexibility index (Phi) is 4.68. The molecule has 94 valence electrons. The van der Waals surface area contributed by atoms with Crippen LogP contribution in [0.3, 0.4) is 0 Å². The molecule has 0 aliphatic carbocycles. The molecule has 1 heterocycles. The molecule has 0 aromatic rings. The zero-order valence-corrected chi connectivity index (χ0v) is 9.55. The lowest BCUT2D eigenvalue weighted by Crippen LogP contribution is -2.39. The van der Waals surface area contributed by atoms with Gasteiger partial charge in [0.1, 0.15) is 0 Å². The number of ether oxygens (including phenoxy) is 1. The number of hydrogen-bond acceptors (Lipinski definition) is 5. The SMILES string of the molecule is COC(=O)C1CCN(C(=O)/C=C/C(=O)[O-])CC1. The molecule has 0 N–H and O–H groups in total. The van der Waals surface area contributed by atoms with Gasteiger partial charge < -0.3 is 19.5 Å². The van der Waals surface area contributed by atoms with Crippen molar-refractivity contribution < 1.29 is 24.2 Å². The van der Waals surface area contributed by atoms with Crippen molar-refractivity contribution >= 4 is 17.8 Å². The summed E-state index contributed by atoms with van der Waals surface area (Å²) in [5.74, 6) is -2.21. The van der Waals surface area contributed by atoms with Gasteiger partial charge in [-0.1, -0.05) is 0 Å². The molecule has 0 atom stereocenters. The fourth-order valence-corrected chi connectivity index (χ4v) is 1.75. The molecule has 1 aliphatic heterocycles. The number of amides is 1. The van der Waals surface area contributed by atoms with E-state index in [0.717, 1.165) is 6.08 Å². The minimum Gasteiger partial charge on any atom is -0.545 e. The van der Waals surface area contributed by atoms with E-state index in [9.17, 15) is 19.5 Å². The van der Waals surface area contributed by atoms with Crippen molar-refractivity contribution in [2.45, 2.75) is 12.8 Å². The quantitative estimate of drug-likeness (QED) is 0.452. The number of hydrogen-bond donors (Lipinski definition) is 0. The third-order valence-corrected chi connectivity index (χ3v) is 2.70. The molecule has 6 nitrogen and oxygen atoms in total. The Morgan fingerprint density at radius 2 is 1.82 bits per heavy atom. The number of likely N-dealkylation sites (tertiary alicyclic amines) is 1. The molecule has 0 spiro atoms. The lowest BCUT2D eigenvalue weighted by atomic mass is 9.97. The summed E-state index contributed by atoms with van der Waals surface area (Å²) in [7, 11) is 1.34. The summed E-state index contributed by atoms with van der Waals surface area (Å²) in [6.07, 6.45) is 2.75. The van der Waals surface area contributed by atoms with Crippen LogP contribution in [0.2, 0.25) is 0 Å². The van der Waals surface area contributed by atoms with Crippen molar-refractivity contribution in [1.29, 1.82) is 0 Å². The Labute approximate surface area is 98.8 Å². The molecule has 0 bridgehead atoms. The Morgan fingerprint density at radius 3 is 2.29 bits per heavy atom. The highest BCUT2D eigenvalue weighted by Crippen LogP contribution is 2.18. The van der Waals surface area contributed by atoms with Gasteiger partial charge in [-0.3, -0.25) is 9.59 Å². The average Bonchev–Trinajstić information content (AvgIpc) is 2.35. The van der Waals surface area contributed by atoms with E-state index < -0.39 is 5.97 Å². The van der Waals surface area contributed by atoms with Gasteiger partial charge in [0.15, 0.2) is 0 Å². The van der Waals surface area contributed by atoms with Crippen LogP contribution in [0, 0.1) is 5.92 Å². The first-order valence-electron chi connectivity index (χ1n) is 5.30. The number of aliphatic carboxylic acids is 1. The van der Waals surface area contributed by atoms with Gasteiger partial charge in [-0.25, -0.2) is 0 Å². The molecule has 0 aromatic carbocycles. The van der Waals surface area contributed by atoms with Gasteiger partial charge in [-0.05, 0) is 18.9 Å². The van der Waals surface area contributed by atoms with Crippen LogP contribution in [0.5, 0.6) is 0 Å². The Balaban J connectivity index is 2.44. The number of carboxylic acids is 1. The maximum Gasteiger partial charge on any atom is 0.308 e. The van der Waals surface area contributed by atoms with Crippen molar-refractivity contribution in [2.24, 2.45) is 5.92 Å². The molecule has 1 saturated heterocycles. The highest BCUT2D eigenvalue weighted by atomic mass is 16.5. The molecule has 17 heavy (non-hydrogen) atoms. The van der Waals surface area contributed by atoms with Crippen LogP contribution in [0.1, 0.15) is 12.8 Å². The Hall–Kier alpha value is -1.85. The van der Waals surface area contributed by atoms with Crippen LogP contribution < -0.4 is 5.11 Å². The summed E-state index contributed by atoms with van der Waals surface area (Å²) in [5.41, 5.74) is 0. The van der Waals surface area contributed by atoms with E-state index in [0.29, 0.717) is 32.0 Å². The fraction of sp³-hybridized carbons (Fsp3) is 0.545. The third-order valence-electron chi connectivity index (χ3n) is 2.70. The summed E-state index contributed by atoms with van der Waals surface area (Å²) >= 11 is 0. The van der Waals surface area contributed by atoms with Gasteiger partial charge in [0.05, 0.1) is 19.0 Å². The number of carboxylic acid groups (broad SMARTS) is 1. The van der Waals surface area contributed by atoms with Gasteiger partial charge in [0.2, 0.25) is 5.91 Å². The lowest BCUT2D eigenvalue weighted by molar-refractivity contribution is -0.297. The van der Waals surface area contributed by atoms with E-state index in [1.54, 1.807) is 0 Å². The zero-order valence-electron chi connectivity index (χ0n) is 9.55. The van der Waals surface area contributed by atoms with Crippen LogP contribution in [-0.4, -0.2) is 42.9 Å². The van der Waals surface area contributed by atoms with Gasteiger partial charge in [0, 0.05) is 19.2 Å². The highest BCUT2D eigenvalue weighted by Gasteiger charge is 2.26. The lowest BCUT2D eigenvalue weighted by Gasteiger charge is -2.29. The van der Waals surface area contributed by atoms with Crippen molar-refractivity contribution in [1.82, 2.24) is 4.90 Å². The molecule has 1 fully saturated rings. The summed E-state index contributed by atoms with van der Waals surface area (Å²) in [5, 5.41) is 10.1. The maximum atomic E-state index is 11.5. The topological polar surface area (TPSA) is 86.7 Å². The number of carbonyl (C=O) groups is 3. The second kappa shape index (κ2) is 6.03. The van der Waals surface area contributed by atoms with E-state index in [-0.39, 0.29) is 17.8 Å². The number of piperidine rings is 1. The predicted molar refractivity (Wildman–Crippen MR) is 55.5 cm³/mol. The third kappa shape index (κ3) is 3.90. The normalized spacial score (nSPS) is 17.1. The first kappa shape index (κ1) is 13.2.